The minimum Gasteiger partial charge on any atom is -0.377 e. The highest BCUT2D eigenvalue weighted by molar-refractivity contribution is 7.89. The van der Waals surface area contributed by atoms with Crippen LogP contribution in [0.3, 0.4) is 0 Å². The van der Waals surface area contributed by atoms with Crippen molar-refractivity contribution in [1.82, 2.24) is 4.31 Å². The molecule has 1 fully saturated rings. The summed E-state index contributed by atoms with van der Waals surface area (Å²) in [7, 11) is -4.28. The molecule has 0 aromatic heterocycles. The van der Waals surface area contributed by atoms with Gasteiger partial charge in [0.2, 0.25) is 15.9 Å². The average Bonchev–Trinajstić information content (AvgIpc) is 3.18. The second-order valence-corrected chi connectivity index (χ2v) is 9.65. The van der Waals surface area contributed by atoms with Gasteiger partial charge in [-0.15, -0.1) is 0 Å². The summed E-state index contributed by atoms with van der Waals surface area (Å²) in [6.07, 6.45) is 1.14. The van der Waals surface area contributed by atoms with Crippen molar-refractivity contribution >= 4 is 33.2 Å². The normalized spacial score (nSPS) is 16.8. The molecule has 1 heterocycles. The number of anilines is 1. The third kappa shape index (κ3) is 5.18. The van der Waals surface area contributed by atoms with Crippen molar-refractivity contribution in [2.45, 2.75) is 37.7 Å². The van der Waals surface area contributed by atoms with Crippen LogP contribution < -0.4 is 5.32 Å². The Hall–Kier alpha value is -2.00. The fraction of sp³-hybridized carbons (Fsp3) is 0.381. The Morgan fingerprint density at radius 3 is 2.73 bits per heavy atom. The average molecular weight is 455 g/mol. The number of nitrogens with one attached hydrogen (secondary N) is 1. The van der Waals surface area contributed by atoms with E-state index in [9.17, 15) is 17.6 Å². The summed E-state index contributed by atoms with van der Waals surface area (Å²) in [5.74, 6) is -1.48. The van der Waals surface area contributed by atoms with E-state index in [0.717, 1.165) is 34.0 Å². The largest absolute Gasteiger partial charge is 0.377 e. The van der Waals surface area contributed by atoms with Crippen molar-refractivity contribution in [1.29, 1.82) is 0 Å². The lowest BCUT2D eigenvalue weighted by Crippen LogP contribution is -2.42. The van der Waals surface area contributed by atoms with Crippen LogP contribution in [0.1, 0.15) is 24.0 Å². The van der Waals surface area contributed by atoms with Crippen molar-refractivity contribution < 1.29 is 22.3 Å². The molecule has 1 atom stereocenters. The minimum absolute atomic E-state index is 0.0371. The van der Waals surface area contributed by atoms with Crippen LogP contribution in [0.2, 0.25) is 5.02 Å². The molecule has 0 aliphatic carbocycles. The molecular weight excluding hydrogens is 431 g/mol. The molecule has 1 saturated heterocycles. The maximum absolute atomic E-state index is 14.4. The molecule has 6 nitrogen and oxygen atoms in total. The summed E-state index contributed by atoms with van der Waals surface area (Å²) in [6.45, 7) is 3.82. The number of carbonyl (C=O) groups excluding carboxylic acids is 1. The first-order chi connectivity index (χ1) is 14.2. The second-order valence-electron chi connectivity index (χ2n) is 7.30. The number of amides is 1. The number of rotatable bonds is 7. The van der Waals surface area contributed by atoms with Gasteiger partial charge in [0.15, 0.2) is 0 Å². The lowest BCUT2D eigenvalue weighted by atomic mass is 10.1. The number of nitrogens with zero attached hydrogens (tertiary/aromatic N) is 1. The molecule has 0 unspecified atom stereocenters. The number of hydrogen-bond donors (Lipinski definition) is 1. The lowest BCUT2D eigenvalue weighted by Gasteiger charge is -2.25. The predicted molar refractivity (Wildman–Crippen MR) is 114 cm³/mol. The summed E-state index contributed by atoms with van der Waals surface area (Å²) in [6, 6.07) is 8.83. The van der Waals surface area contributed by atoms with Crippen molar-refractivity contribution in [3.8, 4) is 0 Å². The molecule has 0 saturated carbocycles. The summed E-state index contributed by atoms with van der Waals surface area (Å²) >= 11 is 5.75. The maximum atomic E-state index is 14.4. The number of ether oxygens (including phenoxy) is 1. The van der Waals surface area contributed by atoms with Crippen molar-refractivity contribution in [2.24, 2.45) is 0 Å². The summed E-state index contributed by atoms with van der Waals surface area (Å²) in [5, 5.41) is 2.84. The highest BCUT2D eigenvalue weighted by Gasteiger charge is 2.32. The van der Waals surface area contributed by atoms with Gasteiger partial charge in [0.1, 0.15) is 10.7 Å². The molecule has 0 radical (unpaired) electrons. The number of halogens is 2. The maximum Gasteiger partial charge on any atom is 0.246 e. The van der Waals surface area contributed by atoms with Crippen LogP contribution in [-0.2, 0) is 19.6 Å². The van der Waals surface area contributed by atoms with E-state index in [4.69, 9.17) is 16.3 Å². The van der Waals surface area contributed by atoms with Gasteiger partial charge in [0.25, 0.3) is 0 Å². The fourth-order valence-electron chi connectivity index (χ4n) is 3.32. The van der Waals surface area contributed by atoms with E-state index in [1.807, 2.05) is 26.0 Å². The molecule has 1 aliphatic rings. The lowest BCUT2D eigenvalue weighted by molar-refractivity contribution is -0.116. The van der Waals surface area contributed by atoms with Crippen LogP contribution >= 0.6 is 11.6 Å². The van der Waals surface area contributed by atoms with Crippen molar-refractivity contribution in [3.63, 3.8) is 0 Å². The third-order valence-corrected chi connectivity index (χ3v) is 7.22. The highest BCUT2D eigenvalue weighted by Crippen LogP contribution is 2.25. The molecule has 2 aromatic rings. The van der Waals surface area contributed by atoms with E-state index in [1.54, 1.807) is 6.07 Å². The van der Waals surface area contributed by atoms with Crippen LogP contribution in [0.5, 0.6) is 0 Å². The van der Waals surface area contributed by atoms with E-state index in [1.165, 1.54) is 6.07 Å². The van der Waals surface area contributed by atoms with Crippen LogP contribution in [0.15, 0.2) is 41.3 Å². The zero-order chi connectivity index (χ0) is 21.9. The Balaban J connectivity index is 1.86. The Bertz CT molecular complexity index is 1040. The molecular formula is C21H24ClFN2O4S. The Kier molecular flexibility index (Phi) is 7.13. The molecule has 1 amide bonds. The first-order valence-corrected chi connectivity index (χ1v) is 11.4. The summed E-state index contributed by atoms with van der Waals surface area (Å²) < 4.78 is 47.2. The second kappa shape index (κ2) is 9.43. The van der Waals surface area contributed by atoms with Crippen molar-refractivity contribution in [3.05, 3.63) is 58.4 Å². The molecule has 9 heteroatoms. The third-order valence-electron chi connectivity index (χ3n) is 5.14. The molecule has 1 aliphatic heterocycles. The van der Waals surface area contributed by atoms with Gasteiger partial charge in [-0.25, -0.2) is 12.8 Å². The zero-order valence-electron chi connectivity index (χ0n) is 16.8. The van der Waals surface area contributed by atoms with E-state index in [-0.39, 0.29) is 17.7 Å². The molecule has 3 rings (SSSR count). The quantitative estimate of drug-likeness (QED) is 0.688. The molecule has 30 heavy (non-hydrogen) atoms. The van der Waals surface area contributed by atoms with Gasteiger partial charge >= 0.3 is 0 Å². The van der Waals surface area contributed by atoms with E-state index in [2.05, 4.69) is 5.32 Å². The Morgan fingerprint density at radius 2 is 2.07 bits per heavy atom. The van der Waals surface area contributed by atoms with Crippen LogP contribution in [0.25, 0.3) is 0 Å². The first kappa shape index (κ1) is 22.7. The molecule has 1 N–H and O–H groups in total. The standard InChI is InChI=1S/C21H24ClFN2O4S/c1-14-5-3-7-19(15(14)2)24-21(26)13-25(12-17-6-4-10-29-17)30(27,28)20-9-8-16(22)11-18(20)23/h3,5,7-9,11,17H,4,6,10,12-13H2,1-2H3,(H,24,26)/t17-/m1/s1. The molecule has 2 aromatic carbocycles. The van der Waals surface area contributed by atoms with Gasteiger partial charge < -0.3 is 10.1 Å². The fourth-order valence-corrected chi connectivity index (χ4v) is 4.96. The smallest absolute Gasteiger partial charge is 0.246 e. The Labute approximate surface area is 181 Å². The van der Waals surface area contributed by atoms with Gasteiger partial charge in [-0.3, -0.25) is 4.79 Å². The monoisotopic (exact) mass is 454 g/mol. The predicted octanol–water partition coefficient (Wildman–Crippen LogP) is 3.90. The van der Waals surface area contributed by atoms with E-state index >= 15 is 0 Å². The summed E-state index contributed by atoms with van der Waals surface area (Å²) in [4.78, 5) is 12.2. The van der Waals surface area contributed by atoms with Crippen LogP contribution in [0, 0.1) is 19.7 Å². The number of hydrogen-bond acceptors (Lipinski definition) is 4. The van der Waals surface area contributed by atoms with Gasteiger partial charge in [0, 0.05) is 23.9 Å². The highest BCUT2D eigenvalue weighted by atomic mass is 35.5. The van der Waals surface area contributed by atoms with Gasteiger partial charge in [-0.05, 0) is 62.1 Å². The molecule has 162 valence electrons. The number of benzene rings is 2. The first-order valence-electron chi connectivity index (χ1n) is 9.61. The Morgan fingerprint density at radius 1 is 1.30 bits per heavy atom. The van der Waals surface area contributed by atoms with Crippen LogP contribution in [-0.4, -0.2) is 44.4 Å². The van der Waals surface area contributed by atoms with E-state index in [0.29, 0.717) is 18.7 Å². The minimum atomic E-state index is -4.28. The number of aryl methyl sites for hydroxylation is 1. The van der Waals surface area contributed by atoms with Gasteiger partial charge in [-0.2, -0.15) is 4.31 Å². The van der Waals surface area contributed by atoms with Crippen LogP contribution in [0.4, 0.5) is 10.1 Å². The number of sulfonamides is 1. The van der Waals surface area contributed by atoms with Gasteiger partial charge in [0.05, 0.1) is 12.6 Å². The topological polar surface area (TPSA) is 75.7 Å². The summed E-state index contributed by atoms with van der Waals surface area (Å²) in [5.41, 5.74) is 2.50. The molecule has 0 spiro atoms. The van der Waals surface area contributed by atoms with E-state index < -0.39 is 33.2 Å². The zero-order valence-corrected chi connectivity index (χ0v) is 18.4. The molecule has 0 bridgehead atoms. The SMILES string of the molecule is Cc1cccc(NC(=O)CN(C[C@H]2CCCO2)S(=O)(=O)c2ccc(Cl)cc2F)c1C. The van der Waals surface area contributed by atoms with Crippen molar-refractivity contribution in [2.75, 3.05) is 25.0 Å². The van der Waals surface area contributed by atoms with Gasteiger partial charge in [-0.1, -0.05) is 23.7 Å². The number of carbonyl (C=O) groups is 1.